The molecule has 0 saturated heterocycles. The molecule has 0 unspecified atom stereocenters. The van der Waals surface area contributed by atoms with Crippen LogP contribution in [0.5, 0.6) is 5.75 Å². The second-order valence-corrected chi connectivity index (χ2v) is 6.25. The van der Waals surface area contributed by atoms with Gasteiger partial charge in [0.15, 0.2) is 0 Å². The second-order valence-electron chi connectivity index (χ2n) is 4.80. The Hall–Kier alpha value is -1.65. The Balaban J connectivity index is 2.92. The summed E-state index contributed by atoms with van der Waals surface area (Å²) in [6, 6.07) is 3.61. The standard InChI is InChI=1S/C18H21ClO3S/c1-5-6-7-8-13(2)12-23-17-10-16(19)9-15(18(17)21-4)11-22-14(3)20/h5-10H,1,11-12H2,2-4H3/b7-6-,13-8+. The Kier molecular flexibility index (Phi) is 8.59. The van der Waals surface area contributed by atoms with Gasteiger partial charge in [-0.25, -0.2) is 0 Å². The number of halogens is 1. The highest BCUT2D eigenvalue weighted by atomic mass is 35.5. The molecule has 0 aliphatic rings. The number of carbonyl (C=O) groups is 1. The number of hydrogen-bond donors (Lipinski definition) is 0. The Bertz CT molecular complexity index is 621. The molecule has 0 spiro atoms. The summed E-state index contributed by atoms with van der Waals surface area (Å²) < 4.78 is 10.5. The molecule has 0 radical (unpaired) electrons. The lowest BCUT2D eigenvalue weighted by atomic mass is 10.2. The molecule has 0 saturated carbocycles. The minimum atomic E-state index is -0.339. The summed E-state index contributed by atoms with van der Waals surface area (Å²) >= 11 is 7.79. The first-order chi connectivity index (χ1) is 11.0. The zero-order chi connectivity index (χ0) is 17.2. The van der Waals surface area contributed by atoms with E-state index < -0.39 is 0 Å². The summed E-state index contributed by atoms with van der Waals surface area (Å²) in [5, 5.41) is 0.587. The SMILES string of the molecule is C=C/C=C\C=C(/C)CSc1cc(Cl)cc(COC(C)=O)c1OC. The van der Waals surface area contributed by atoms with Crippen LogP contribution in [0.25, 0.3) is 0 Å². The van der Waals surface area contributed by atoms with E-state index in [9.17, 15) is 4.79 Å². The van der Waals surface area contributed by atoms with Gasteiger partial charge in [-0.05, 0) is 19.1 Å². The maximum atomic E-state index is 11.0. The third-order valence-electron chi connectivity index (χ3n) is 2.81. The van der Waals surface area contributed by atoms with Crippen molar-refractivity contribution in [1.29, 1.82) is 0 Å². The van der Waals surface area contributed by atoms with E-state index in [-0.39, 0.29) is 12.6 Å². The van der Waals surface area contributed by atoms with Crippen molar-refractivity contribution in [3.8, 4) is 5.75 Å². The lowest BCUT2D eigenvalue weighted by Gasteiger charge is -2.14. The highest BCUT2D eigenvalue weighted by Crippen LogP contribution is 2.36. The first-order valence-corrected chi connectivity index (χ1v) is 8.41. The molecule has 3 nitrogen and oxygen atoms in total. The average molecular weight is 353 g/mol. The lowest BCUT2D eigenvalue weighted by molar-refractivity contribution is -0.142. The van der Waals surface area contributed by atoms with Gasteiger partial charge in [0.1, 0.15) is 12.4 Å². The van der Waals surface area contributed by atoms with Crippen LogP contribution in [-0.4, -0.2) is 18.8 Å². The van der Waals surface area contributed by atoms with E-state index in [1.807, 2.05) is 24.3 Å². The quantitative estimate of drug-likeness (QED) is 0.366. The van der Waals surface area contributed by atoms with E-state index in [0.29, 0.717) is 10.8 Å². The zero-order valence-corrected chi connectivity index (χ0v) is 15.2. The molecule has 0 N–H and O–H groups in total. The van der Waals surface area contributed by atoms with E-state index in [2.05, 4.69) is 13.5 Å². The molecule has 0 fully saturated rings. The number of benzene rings is 1. The minimum Gasteiger partial charge on any atom is -0.495 e. The van der Waals surface area contributed by atoms with Crippen molar-refractivity contribution in [2.45, 2.75) is 25.3 Å². The number of esters is 1. The van der Waals surface area contributed by atoms with Crippen molar-refractivity contribution in [1.82, 2.24) is 0 Å². The molecule has 1 aromatic rings. The Morgan fingerprint density at radius 1 is 1.35 bits per heavy atom. The molecule has 0 bridgehead atoms. The first kappa shape index (κ1) is 19.4. The predicted octanol–water partition coefficient (Wildman–Crippen LogP) is 5.19. The molecular formula is C18H21ClO3S. The Morgan fingerprint density at radius 3 is 2.70 bits per heavy atom. The second kappa shape index (κ2) is 10.2. The molecule has 0 amide bonds. The van der Waals surface area contributed by atoms with Crippen LogP contribution in [0.2, 0.25) is 5.02 Å². The van der Waals surface area contributed by atoms with Crippen LogP contribution in [0.15, 0.2) is 53.5 Å². The van der Waals surface area contributed by atoms with Gasteiger partial charge >= 0.3 is 5.97 Å². The van der Waals surface area contributed by atoms with Gasteiger partial charge in [0.2, 0.25) is 0 Å². The van der Waals surface area contributed by atoms with Crippen molar-refractivity contribution in [2.24, 2.45) is 0 Å². The highest BCUT2D eigenvalue weighted by Gasteiger charge is 2.13. The van der Waals surface area contributed by atoms with Crippen LogP contribution in [0, 0.1) is 0 Å². The minimum absolute atomic E-state index is 0.142. The van der Waals surface area contributed by atoms with E-state index in [4.69, 9.17) is 21.1 Å². The van der Waals surface area contributed by atoms with Crippen molar-refractivity contribution in [3.05, 3.63) is 59.2 Å². The molecule has 0 aromatic heterocycles. The number of rotatable bonds is 8. The van der Waals surface area contributed by atoms with Crippen LogP contribution in [0.3, 0.4) is 0 Å². The Morgan fingerprint density at radius 2 is 2.09 bits per heavy atom. The normalized spacial score (nSPS) is 11.6. The van der Waals surface area contributed by atoms with Crippen LogP contribution in [0.4, 0.5) is 0 Å². The number of ether oxygens (including phenoxy) is 2. The maximum Gasteiger partial charge on any atom is 0.302 e. The summed E-state index contributed by atoms with van der Waals surface area (Å²) in [5.41, 5.74) is 1.96. The number of carbonyl (C=O) groups excluding carboxylic acids is 1. The van der Waals surface area contributed by atoms with E-state index in [1.165, 1.54) is 12.5 Å². The first-order valence-electron chi connectivity index (χ1n) is 7.05. The molecule has 1 rings (SSSR count). The fourth-order valence-corrected chi connectivity index (χ4v) is 3.13. The third-order valence-corrected chi connectivity index (χ3v) is 4.25. The number of allylic oxidation sites excluding steroid dienone is 4. The van der Waals surface area contributed by atoms with Gasteiger partial charge in [-0.15, -0.1) is 11.8 Å². The van der Waals surface area contributed by atoms with Crippen molar-refractivity contribution in [2.75, 3.05) is 12.9 Å². The van der Waals surface area contributed by atoms with Crippen LogP contribution in [0.1, 0.15) is 19.4 Å². The average Bonchev–Trinajstić information content (AvgIpc) is 2.50. The number of methoxy groups -OCH3 is 1. The van der Waals surface area contributed by atoms with Gasteiger partial charge in [-0.1, -0.05) is 48.1 Å². The molecule has 124 valence electrons. The van der Waals surface area contributed by atoms with Crippen molar-refractivity contribution in [3.63, 3.8) is 0 Å². The summed E-state index contributed by atoms with van der Waals surface area (Å²) in [5.74, 6) is 1.15. The molecule has 23 heavy (non-hydrogen) atoms. The summed E-state index contributed by atoms with van der Waals surface area (Å²) in [7, 11) is 1.60. The lowest BCUT2D eigenvalue weighted by Crippen LogP contribution is -2.02. The van der Waals surface area contributed by atoms with E-state index in [0.717, 1.165) is 16.2 Å². The summed E-state index contributed by atoms with van der Waals surface area (Å²) in [6.07, 6.45) is 7.60. The maximum absolute atomic E-state index is 11.0. The monoisotopic (exact) mass is 352 g/mol. The smallest absolute Gasteiger partial charge is 0.302 e. The summed E-state index contributed by atoms with van der Waals surface area (Å²) in [6.45, 7) is 7.20. The highest BCUT2D eigenvalue weighted by molar-refractivity contribution is 7.99. The third kappa shape index (κ3) is 6.97. The molecule has 0 atom stereocenters. The Labute approximate surface area is 147 Å². The fourth-order valence-electron chi connectivity index (χ4n) is 1.79. The van der Waals surface area contributed by atoms with E-state index >= 15 is 0 Å². The van der Waals surface area contributed by atoms with Gasteiger partial charge < -0.3 is 9.47 Å². The molecule has 0 aliphatic heterocycles. The van der Waals surface area contributed by atoms with Crippen LogP contribution >= 0.6 is 23.4 Å². The van der Waals surface area contributed by atoms with Gasteiger partial charge in [0.05, 0.1) is 12.0 Å². The van der Waals surface area contributed by atoms with Gasteiger partial charge in [0.25, 0.3) is 0 Å². The number of thioether (sulfide) groups is 1. The predicted molar refractivity (Wildman–Crippen MR) is 97.3 cm³/mol. The zero-order valence-electron chi connectivity index (χ0n) is 13.6. The summed E-state index contributed by atoms with van der Waals surface area (Å²) in [4.78, 5) is 11.9. The largest absolute Gasteiger partial charge is 0.495 e. The van der Waals surface area contributed by atoms with Crippen molar-refractivity contribution < 1.29 is 14.3 Å². The van der Waals surface area contributed by atoms with Crippen molar-refractivity contribution >= 4 is 29.3 Å². The molecule has 1 aromatic carbocycles. The fraction of sp³-hybridized carbons (Fsp3) is 0.278. The van der Waals surface area contributed by atoms with Gasteiger partial charge in [-0.2, -0.15) is 0 Å². The van der Waals surface area contributed by atoms with Crippen LogP contribution < -0.4 is 4.74 Å². The molecule has 0 aliphatic carbocycles. The molecule has 0 heterocycles. The van der Waals surface area contributed by atoms with Crippen LogP contribution in [-0.2, 0) is 16.1 Å². The van der Waals surface area contributed by atoms with E-state index in [1.54, 1.807) is 31.0 Å². The molecule has 5 heteroatoms. The molecular weight excluding hydrogens is 332 g/mol. The van der Waals surface area contributed by atoms with Gasteiger partial charge in [-0.3, -0.25) is 4.79 Å². The number of hydrogen-bond acceptors (Lipinski definition) is 4. The van der Waals surface area contributed by atoms with Gasteiger partial charge in [0, 0.05) is 23.3 Å². The topological polar surface area (TPSA) is 35.5 Å².